The van der Waals surface area contributed by atoms with Crippen molar-refractivity contribution in [3.05, 3.63) is 29.8 Å². The van der Waals surface area contributed by atoms with Gasteiger partial charge in [-0.05, 0) is 37.1 Å². The maximum Gasteiger partial charge on any atom is 0.391 e. The molecule has 1 aliphatic heterocycles. The van der Waals surface area contributed by atoms with Crippen molar-refractivity contribution in [1.82, 2.24) is 4.90 Å². The maximum absolute atomic E-state index is 12.5. The van der Waals surface area contributed by atoms with Crippen molar-refractivity contribution in [2.45, 2.75) is 19.0 Å². The third-order valence-electron chi connectivity index (χ3n) is 3.36. The first-order valence-corrected chi connectivity index (χ1v) is 6.03. The molecule has 0 unspecified atom stereocenters. The average Bonchev–Trinajstić information content (AvgIpc) is 2.38. The number of benzene rings is 1. The van der Waals surface area contributed by atoms with Crippen molar-refractivity contribution >= 4 is 5.91 Å². The number of likely N-dealkylation sites (tertiary alicyclic amines) is 1. The van der Waals surface area contributed by atoms with Gasteiger partial charge in [0.25, 0.3) is 5.91 Å². The number of phenolic OH excluding ortho intramolecular Hbond substituents is 1. The van der Waals surface area contributed by atoms with E-state index in [1.807, 2.05) is 0 Å². The number of rotatable bonds is 1. The molecule has 104 valence electrons. The molecule has 0 bridgehead atoms. The first-order chi connectivity index (χ1) is 8.88. The fourth-order valence-corrected chi connectivity index (χ4v) is 2.20. The normalized spacial score (nSPS) is 17.5. The summed E-state index contributed by atoms with van der Waals surface area (Å²) in [5, 5.41) is 9.12. The van der Waals surface area contributed by atoms with Gasteiger partial charge in [0, 0.05) is 18.7 Å². The van der Waals surface area contributed by atoms with Crippen LogP contribution in [0.2, 0.25) is 0 Å². The lowest BCUT2D eigenvalue weighted by atomic mass is 9.96. The zero-order valence-corrected chi connectivity index (χ0v) is 10.2. The van der Waals surface area contributed by atoms with Crippen LogP contribution in [0.5, 0.6) is 5.75 Å². The van der Waals surface area contributed by atoms with Gasteiger partial charge in [0.15, 0.2) is 0 Å². The first-order valence-electron chi connectivity index (χ1n) is 6.03. The number of carbonyl (C=O) groups is 1. The third kappa shape index (κ3) is 3.19. The third-order valence-corrected chi connectivity index (χ3v) is 3.36. The van der Waals surface area contributed by atoms with Gasteiger partial charge in [-0.2, -0.15) is 13.2 Å². The van der Waals surface area contributed by atoms with Crippen LogP contribution in [0.25, 0.3) is 0 Å². The summed E-state index contributed by atoms with van der Waals surface area (Å²) < 4.78 is 37.5. The molecule has 0 aromatic heterocycles. The van der Waals surface area contributed by atoms with Crippen LogP contribution in [-0.2, 0) is 0 Å². The molecule has 0 aliphatic carbocycles. The van der Waals surface area contributed by atoms with Gasteiger partial charge in [-0.3, -0.25) is 4.79 Å². The first kappa shape index (κ1) is 13.7. The quantitative estimate of drug-likeness (QED) is 0.854. The zero-order valence-electron chi connectivity index (χ0n) is 10.2. The summed E-state index contributed by atoms with van der Waals surface area (Å²) in [5.74, 6) is -1.55. The molecule has 1 fully saturated rings. The smallest absolute Gasteiger partial charge is 0.391 e. The van der Waals surface area contributed by atoms with Crippen molar-refractivity contribution in [2.75, 3.05) is 13.1 Å². The van der Waals surface area contributed by atoms with Gasteiger partial charge in [0.2, 0.25) is 0 Å². The van der Waals surface area contributed by atoms with Crippen molar-refractivity contribution in [3.63, 3.8) is 0 Å². The highest BCUT2D eigenvalue weighted by molar-refractivity contribution is 5.94. The largest absolute Gasteiger partial charge is 0.508 e. The molecule has 1 saturated heterocycles. The lowest BCUT2D eigenvalue weighted by molar-refractivity contribution is -0.183. The number of piperidine rings is 1. The molecule has 0 atom stereocenters. The monoisotopic (exact) mass is 273 g/mol. The number of hydrogen-bond acceptors (Lipinski definition) is 2. The Labute approximate surface area is 108 Å². The number of phenols is 1. The summed E-state index contributed by atoms with van der Waals surface area (Å²) in [6, 6.07) is 5.70. The molecule has 6 heteroatoms. The molecule has 1 aliphatic rings. The fourth-order valence-electron chi connectivity index (χ4n) is 2.20. The Bertz CT molecular complexity index is 448. The van der Waals surface area contributed by atoms with Gasteiger partial charge >= 0.3 is 6.18 Å². The minimum Gasteiger partial charge on any atom is -0.508 e. The highest BCUT2D eigenvalue weighted by Gasteiger charge is 2.41. The van der Waals surface area contributed by atoms with Crippen molar-refractivity contribution in [2.24, 2.45) is 5.92 Å². The van der Waals surface area contributed by atoms with E-state index in [1.54, 1.807) is 0 Å². The Kier molecular flexibility index (Phi) is 3.68. The minimum absolute atomic E-state index is 0.0483. The van der Waals surface area contributed by atoms with E-state index in [4.69, 9.17) is 5.11 Å². The predicted molar refractivity (Wildman–Crippen MR) is 62.8 cm³/mol. The lowest BCUT2D eigenvalue weighted by Crippen LogP contribution is -2.42. The summed E-state index contributed by atoms with van der Waals surface area (Å²) >= 11 is 0. The highest BCUT2D eigenvalue weighted by Crippen LogP contribution is 2.34. The van der Waals surface area contributed by atoms with E-state index >= 15 is 0 Å². The molecule has 19 heavy (non-hydrogen) atoms. The average molecular weight is 273 g/mol. The fraction of sp³-hybridized carbons (Fsp3) is 0.462. The summed E-state index contributed by atoms with van der Waals surface area (Å²) in [6.45, 7) is 0.230. The second kappa shape index (κ2) is 5.11. The maximum atomic E-state index is 12.5. The Morgan fingerprint density at radius 1 is 1.16 bits per heavy atom. The van der Waals surface area contributed by atoms with Crippen LogP contribution < -0.4 is 0 Å². The van der Waals surface area contributed by atoms with E-state index in [-0.39, 0.29) is 37.6 Å². The Morgan fingerprint density at radius 3 is 2.16 bits per heavy atom. The van der Waals surface area contributed by atoms with Gasteiger partial charge in [0.05, 0.1) is 5.92 Å². The molecule has 0 saturated carbocycles. The SMILES string of the molecule is O=C(c1ccc(O)cc1)N1CCC(C(F)(F)F)CC1. The van der Waals surface area contributed by atoms with E-state index in [0.29, 0.717) is 5.56 Å². The van der Waals surface area contributed by atoms with Crippen LogP contribution >= 0.6 is 0 Å². The van der Waals surface area contributed by atoms with Crippen LogP contribution in [0.4, 0.5) is 13.2 Å². The molecular weight excluding hydrogens is 259 g/mol. The minimum atomic E-state index is -4.17. The Hall–Kier alpha value is -1.72. The number of nitrogens with zero attached hydrogens (tertiary/aromatic N) is 1. The summed E-state index contributed by atoms with van der Waals surface area (Å²) in [6.07, 6.45) is -4.27. The van der Waals surface area contributed by atoms with E-state index < -0.39 is 12.1 Å². The van der Waals surface area contributed by atoms with Crippen LogP contribution in [0.1, 0.15) is 23.2 Å². The Morgan fingerprint density at radius 2 is 1.68 bits per heavy atom. The summed E-state index contributed by atoms with van der Waals surface area (Å²) in [4.78, 5) is 13.5. The van der Waals surface area contributed by atoms with Gasteiger partial charge in [-0.25, -0.2) is 0 Å². The molecule has 1 aromatic carbocycles. The molecule has 3 nitrogen and oxygen atoms in total. The predicted octanol–water partition coefficient (Wildman–Crippen LogP) is 2.81. The van der Waals surface area contributed by atoms with Crippen LogP contribution in [-0.4, -0.2) is 35.2 Å². The van der Waals surface area contributed by atoms with Crippen LogP contribution in [0, 0.1) is 5.92 Å². The van der Waals surface area contributed by atoms with Crippen LogP contribution in [0.15, 0.2) is 24.3 Å². The molecule has 1 aromatic rings. The molecule has 1 N–H and O–H groups in total. The number of amides is 1. The van der Waals surface area contributed by atoms with E-state index in [9.17, 15) is 18.0 Å². The lowest BCUT2D eigenvalue weighted by Gasteiger charge is -2.33. The second-order valence-corrected chi connectivity index (χ2v) is 4.65. The van der Waals surface area contributed by atoms with Gasteiger partial charge in [-0.15, -0.1) is 0 Å². The number of carbonyl (C=O) groups excluding carboxylic acids is 1. The number of halogens is 3. The highest BCUT2D eigenvalue weighted by atomic mass is 19.4. The van der Waals surface area contributed by atoms with Gasteiger partial charge in [0.1, 0.15) is 5.75 Å². The topological polar surface area (TPSA) is 40.5 Å². The molecule has 2 rings (SSSR count). The molecule has 1 amide bonds. The number of aromatic hydroxyl groups is 1. The molecule has 0 radical (unpaired) electrons. The van der Waals surface area contributed by atoms with Crippen molar-refractivity contribution < 1.29 is 23.1 Å². The number of hydrogen-bond donors (Lipinski definition) is 1. The second-order valence-electron chi connectivity index (χ2n) is 4.65. The zero-order chi connectivity index (χ0) is 14.0. The molecule has 1 heterocycles. The summed E-state index contributed by atoms with van der Waals surface area (Å²) in [5.41, 5.74) is 0.378. The Balaban J connectivity index is 1.98. The standard InChI is InChI=1S/C13H14F3NO2/c14-13(15,16)10-5-7-17(8-6-10)12(19)9-1-3-11(18)4-2-9/h1-4,10,18H,5-8H2. The van der Waals surface area contributed by atoms with Gasteiger partial charge < -0.3 is 10.0 Å². The number of alkyl halides is 3. The molecular formula is C13H14F3NO2. The van der Waals surface area contributed by atoms with Gasteiger partial charge in [-0.1, -0.05) is 0 Å². The van der Waals surface area contributed by atoms with E-state index in [0.717, 1.165) is 0 Å². The van der Waals surface area contributed by atoms with Crippen molar-refractivity contribution in [1.29, 1.82) is 0 Å². The summed E-state index contributed by atoms with van der Waals surface area (Å²) in [7, 11) is 0. The van der Waals surface area contributed by atoms with Crippen LogP contribution in [0.3, 0.4) is 0 Å². The van der Waals surface area contributed by atoms with Crippen molar-refractivity contribution in [3.8, 4) is 5.75 Å². The van der Waals surface area contributed by atoms with E-state index in [1.165, 1.54) is 29.2 Å². The van der Waals surface area contributed by atoms with E-state index in [2.05, 4.69) is 0 Å². The molecule has 0 spiro atoms.